The molecular weight excluding hydrogens is 318 g/mol. The Bertz CT molecular complexity index is 586. The molecule has 7 heteroatoms. The monoisotopic (exact) mass is 347 g/mol. The van der Waals surface area contributed by atoms with Gasteiger partial charge < -0.3 is 9.64 Å². The fraction of sp³-hybridized carbons (Fsp3) is 0.778. The van der Waals surface area contributed by atoms with Gasteiger partial charge in [0.2, 0.25) is 0 Å². The van der Waals surface area contributed by atoms with Crippen molar-refractivity contribution in [3.8, 4) is 0 Å². The molecule has 1 saturated carbocycles. The quantitative estimate of drug-likeness (QED) is 0.907. The normalized spacial score (nSPS) is 24.3. The SMILES string of the molecule is CC(C1CC1)n1nccc1NC(=O)N1CCN(C2CCOCC2)CC1. The van der Waals surface area contributed by atoms with Gasteiger partial charge in [0.25, 0.3) is 0 Å². The summed E-state index contributed by atoms with van der Waals surface area (Å²) >= 11 is 0. The Morgan fingerprint density at radius 1 is 1.20 bits per heavy atom. The maximum Gasteiger partial charge on any atom is 0.323 e. The molecule has 0 spiro atoms. The first-order valence-corrected chi connectivity index (χ1v) is 9.63. The van der Waals surface area contributed by atoms with Gasteiger partial charge in [0.05, 0.1) is 12.2 Å². The maximum absolute atomic E-state index is 12.6. The number of rotatable bonds is 4. The lowest BCUT2D eigenvalue weighted by atomic mass is 10.1. The third kappa shape index (κ3) is 3.82. The highest BCUT2D eigenvalue weighted by molar-refractivity contribution is 5.88. The number of hydrogen-bond donors (Lipinski definition) is 1. The molecule has 25 heavy (non-hydrogen) atoms. The lowest BCUT2D eigenvalue weighted by molar-refractivity contribution is 0.0194. The highest BCUT2D eigenvalue weighted by Gasteiger charge is 2.31. The lowest BCUT2D eigenvalue weighted by Gasteiger charge is -2.40. The minimum Gasteiger partial charge on any atom is -0.381 e. The van der Waals surface area contributed by atoms with Gasteiger partial charge in [-0.25, -0.2) is 9.48 Å². The molecule has 3 aliphatic rings. The zero-order valence-electron chi connectivity index (χ0n) is 15.1. The average molecular weight is 347 g/mol. The Labute approximate surface area is 149 Å². The summed E-state index contributed by atoms with van der Waals surface area (Å²) in [5.74, 6) is 1.52. The molecule has 138 valence electrons. The van der Waals surface area contributed by atoms with E-state index in [1.807, 2.05) is 15.6 Å². The predicted molar refractivity (Wildman–Crippen MR) is 95.7 cm³/mol. The van der Waals surface area contributed by atoms with E-state index in [0.717, 1.165) is 58.1 Å². The fourth-order valence-electron chi connectivity index (χ4n) is 4.05. The van der Waals surface area contributed by atoms with Crippen LogP contribution in [0.5, 0.6) is 0 Å². The van der Waals surface area contributed by atoms with Crippen LogP contribution in [0.1, 0.15) is 38.6 Å². The number of aromatic nitrogens is 2. The second-order valence-electron chi connectivity index (χ2n) is 7.54. The standard InChI is InChI=1S/C18H29N5O2/c1-14(15-2-3-15)23-17(4-7-19-23)20-18(24)22-10-8-21(9-11-22)16-5-12-25-13-6-16/h4,7,14-16H,2-3,5-6,8-13H2,1H3,(H,20,24). The van der Waals surface area contributed by atoms with Crippen LogP contribution in [-0.4, -0.2) is 71.0 Å². The minimum absolute atomic E-state index is 0.00336. The Morgan fingerprint density at radius 3 is 2.60 bits per heavy atom. The van der Waals surface area contributed by atoms with Crippen molar-refractivity contribution >= 4 is 11.8 Å². The number of amides is 2. The summed E-state index contributed by atoms with van der Waals surface area (Å²) in [6, 6.07) is 2.88. The van der Waals surface area contributed by atoms with Crippen molar-refractivity contribution in [2.75, 3.05) is 44.7 Å². The molecule has 3 fully saturated rings. The van der Waals surface area contributed by atoms with E-state index in [-0.39, 0.29) is 6.03 Å². The molecule has 0 aromatic carbocycles. The van der Waals surface area contributed by atoms with Crippen molar-refractivity contribution in [1.29, 1.82) is 0 Å². The Balaban J connectivity index is 1.30. The number of hydrogen-bond acceptors (Lipinski definition) is 4. The highest BCUT2D eigenvalue weighted by atomic mass is 16.5. The van der Waals surface area contributed by atoms with Crippen LogP contribution in [0.25, 0.3) is 0 Å². The third-order valence-electron chi connectivity index (χ3n) is 5.90. The molecule has 1 aliphatic carbocycles. The van der Waals surface area contributed by atoms with Crippen LogP contribution >= 0.6 is 0 Å². The lowest BCUT2D eigenvalue weighted by Crippen LogP contribution is -2.53. The smallest absolute Gasteiger partial charge is 0.323 e. The van der Waals surface area contributed by atoms with Crippen molar-refractivity contribution in [3.63, 3.8) is 0 Å². The van der Waals surface area contributed by atoms with E-state index >= 15 is 0 Å². The predicted octanol–water partition coefficient (Wildman–Crippen LogP) is 2.18. The van der Waals surface area contributed by atoms with Crippen LogP contribution in [0.3, 0.4) is 0 Å². The molecular formula is C18H29N5O2. The van der Waals surface area contributed by atoms with Crippen molar-refractivity contribution in [2.45, 2.75) is 44.7 Å². The van der Waals surface area contributed by atoms with E-state index in [4.69, 9.17) is 4.74 Å². The Morgan fingerprint density at radius 2 is 1.92 bits per heavy atom. The molecule has 2 saturated heterocycles. The van der Waals surface area contributed by atoms with Crippen LogP contribution in [0, 0.1) is 5.92 Å². The Kier molecular flexibility index (Phi) is 4.94. The fourth-order valence-corrected chi connectivity index (χ4v) is 4.05. The minimum atomic E-state index is -0.00336. The van der Waals surface area contributed by atoms with Crippen LogP contribution in [0.4, 0.5) is 10.6 Å². The van der Waals surface area contributed by atoms with E-state index in [1.165, 1.54) is 12.8 Å². The number of urea groups is 1. The molecule has 1 aromatic rings. The van der Waals surface area contributed by atoms with Gasteiger partial charge >= 0.3 is 6.03 Å². The van der Waals surface area contributed by atoms with Gasteiger partial charge in [-0.3, -0.25) is 10.2 Å². The van der Waals surface area contributed by atoms with Gasteiger partial charge in [0.1, 0.15) is 5.82 Å². The summed E-state index contributed by atoms with van der Waals surface area (Å²) in [6.07, 6.45) is 6.54. The summed E-state index contributed by atoms with van der Waals surface area (Å²) in [7, 11) is 0. The van der Waals surface area contributed by atoms with E-state index in [0.29, 0.717) is 18.0 Å². The highest BCUT2D eigenvalue weighted by Crippen LogP contribution is 2.40. The molecule has 1 unspecified atom stereocenters. The molecule has 1 aromatic heterocycles. The van der Waals surface area contributed by atoms with Crippen LogP contribution in [0.15, 0.2) is 12.3 Å². The van der Waals surface area contributed by atoms with Gasteiger partial charge in [-0.1, -0.05) is 0 Å². The number of carbonyl (C=O) groups excluding carboxylic acids is 1. The molecule has 3 heterocycles. The zero-order chi connectivity index (χ0) is 17.2. The van der Waals surface area contributed by atoms with Crippen LogP contribution in [0.2, 0.25) is 0 Å². The first kappa shape index (κ1) is 16.8. The molecule has 0 radical (unpaired) electrons. The van der Waals surface area contributed by atoms with Gasteiger partial charge in [0, 0.05) is 51.5 Å². The summed E-state index contributed by atoms with van der Waals surface area (Å²) in [5.41, 5.74) is 0. The summed E-state index contributed by atoms with van der Waals surface area (Å²) in [6.45, 7) is 7.41. The van der Waals surface area contributed by atoms with Crippen LogP contribution < -0.4 is 5.32 Å². The molecule has 1 atom stereocenters. The molecule has 4 rings (SSSR count). The molecule has 0 bridgehead atoms. The number of nitrogens with zero attached hydrogens (tertiary/aromatic N) is 4. The molecule has 2 aliphatic heterocycles. The van der Waals surface area contributed by atoms with Crippen LogP contribution in [-0.2, 0) is 4.74 Å². The van der Waals surface area contributed by atoms with Crippen molar-refractivity contribution in [3.05, 3.63) is 12.3 Å². The average Bonchev–Trinajstić information content (AvgIpc) is 3.41. The van der Waals surface area contributed by atoms with Crippen molar-refractivity contribution in [1.82, 2.24) is 19.6 Å². The van der Waals surface area contributed by atoms with Gasteiger partial charge in [-0.15, -0.1) is 0 Å². The van der Waals surface area contributed by atoms with Crippen molar-refractivity contribution < 1.29 is 9.53 Å². The number of anilines is 1. The summed E-state index contributed by atoms with van der Waals surface area (Å²) in [5, 5.41) is 7.48. The summed E-state index contributed by atoms with van der Waals surface area (Å²) in [4.78, 5) is 17.1. The number of carbonyl (C=O) groups is 1. The van der Waals surface area contributed by atoms with E-state index < -0.39 is 0 Å². The number of piperazine rings is 1. The van der Waals surface area contributed by atoms with Gasteiger partial charge in [0.15, 0.2) is 0 Å². The molecule has 2 amide bonds. The maximum atomic E-state index is 12.6. The largest absolute Gasteiger partial charge is 0.381 e. The first-order valence-electron chi connectivity index (χ1n) is 9.63. The molecule has 7 nitrogen and oxygen atoms in total. The second kappa shape index (κ2) is 7.33. The van der Waals surface area contributed by atoms with E-state index in [9.17, 15) is 4.79 Å². The van der Waals surface area contributed by atoms with Gasteiger partial charge in [-0.2, -0.15) is 5.10 Å². The van der Waals surface area contributed by atoms with Gasteiger partial charge in [-0.05, 0) is 38.5 Å². The second-order valence-corrected chi connectivity index (χ2v) is 7.54. The zero-order valence-corrected chi connectivity index (χ0v) is 15.1. The third-order valence-corrected chi connectivity index (χ3v) is 5.90. The first-order chi connectivity index (χ1) is 12.2. The van der Waals surface area contributed by atoms with Crippen molar-refractivity contribution in [2.24, 2.45) is 5.92 Å². The molecule has 1 N–H and O–H groups in total. The number of ether oxygens (including phenoxy) is 1. The Hall–Kier alpha value is -1.60. The summed E-state index contributed by atoms with van der Waals surface area (Å²) < 4.78 is 7.42. The number of nitrogens with one attached hydrogen (secondary N) is 1. The topological polar surface area (TPSA) is 62.6 Å². The van der Waals surface area contributed by atoms with E-state index in [1.54, 1.807) is 6.20 Å². The van der Waals surface area contributed by atoms with E-state index in [2.05, 4.69) is 22.2 Å².